The summed E-state index contributed by atoms with van der Waals surface area (Å²) in [6, 6.07) is 4.86. The van der Waals surface area contributed by atoms with E-state index in [2.05, 4.69) is 24.1 Å². The Labute approximate surface area is 125 Å². The zero-order valence-corrected chi connectivity index (χ0v) is 12.8. The second-order valence-electron chi connectivity index (χ2n) is 5.83. The predicted molar refractivity (Wildman–Crippen MR) is 82.1 cm³/mol. The number of ether oxygens (including phenoxy) is 1. The predicted octanol–water partition coefficient (Wildman–Crippen LogP) is 1.51. The zero-order valence-electron chi connectivity index (χ0n) is 12.8. The molecule has 5 nitrogen and oxygen atoms in total. The van der Waals surface area contributed by atoms with E-state index in [-0.39, 0.29) is 11.5 Å². The van der Waals surface area contributed by atoms with E-state index in [1.165, 1.54) is 6.07 Å². The fourth-order valence-corrected chi connectivity index (χ4v) is 2.25. The highest BCUT2D eigenvalue weighted by Gasteiger charge is 2.18. The lowest BCUT2D eigenvalue weighted by Crippen LogP contribution is -2.45. The Morgan fingerprint density at radius 2 is 2.10 bits per heavy atom. The molecule has 0 atom stereocenters. The minimum absolute atomic E-state index is 0.0204. The maximum absolute atomic E-state index is 12.3. The van der Waals surface area contributed by atoms with Gasteiger partial charge in [-0.25, -0.2) is 0 Å². The molecule has 1 aliphatic rings. The van der Waals surface area contributed by atoms with Crippen LogP contribution in [0.2, 0.25) is 0 Å². The van der Waals surface area contributed by atoms with Gasteiger partial charge in [-0.2, -0.15) is 0 Å². The van der Waals surface area contributed by atoms with Crippen molar-refractivity contribution in [3.63, 3.8) is 0 Å². The minimum atomic E-state index is -0.0654. The Balaban J connectivity index is 2.02. The van der Waals surface area contributed by atoms with Crippen molar-refractivity contribution in [1.29, 1.82) is 0 Å². The summed E-state index contributed by atoms with van der Waals surface area (Å²) >= 11 is 0. The van der Waals surface area contributed by atoms with Gasteiger partial charge in [0.05, 0.1) is 18.7 Å². The molecular formula is C16H24N2O3. The first-order chi connectivity index (χ1) is 10.1. The number of nitrogens with one attached hydrogen (secondary N) is 1. The molecule has 5 heteroatoms. The smallest absolute Gasteiger partial charge is 0.180 e. The average molecular weight is 292 g/mol. The third kappa shape index (κ3) is 4.72. The number of Topliss-reactive ketones (excluding diaryl/α,β-unsaturated/α-hetero) is 1. The second-order valence-corrected chi connectivity index (χ2v) is 5.83. The van der Waals surface area contributed by atoms with E-state index in [4.69, 9.17) is 4.74 Å². The van der Waals surface area contributed by atoms with Gasteiger partial charge in [0.15, 0.2) is 5.78 Å². The van der Waals surface area contributed by atoms with Crippen LogP contribution in [0, 0.1) is 5.92 Å². The Kier molecular flexibility index (Phi) is 5.59. The lowest BCUT2D eigenvalue weighted by atomic mass is 10.1. The summed E-state index contributed by atoms with van der Waals surface area (Å²) in [4.78, 5) is 14.4. The number of hydrogen-bond donors (Lipinski definition) is 2. The van der Waals surface area contributed by atoms with Gasteiger partial charge >= 0.3 is 0 Å². The van der Waals surface area contributed by atoms with Crippen LogP contribution in [-0.2, 0) is 0 Å². The van der Waals surface area contributed by atoms with Gasteiger partial charge < -0.3 is 15.2 Å². The van der Waals surface area contributed by atoms with E-state index in [0.29, 0.717) is 30.4 Å². The van der Waals surface area contributed by atoms with Gasteiger partial charge in [0.1, 0.15) is 11.5 Å². The first kappa shape index (κ1) is 15.8. The van der Waals surface area contributed by atoms with E-state index >= 15 is 0 Å². The summed E-state index contributed by atoms with van der Waals surface area (Å²) in [7, 11) is 0. The van der Waals surface area contributed by atoms with Gasteiger partial charge in [-0.3, -0.25) is 9.69 Å². The van der Waals surface area contributed by atoms with Crippen molar-refractivity contribution in [2.45, 2.75) is 13.8 Å². The lowest BCUT2D eigenvalue weighted by Gasteiger charge is -2.26. The Bertz CT molecular complexity index is 482. The third-order valence-corrected chi connectivity index (χ3v) is 3.43. The normalized spacial score (nSPS) is 16.1. The number of rotatable bonds is 6. The van der Waals surface area contributed by atoms with Crippen LogP contribution < -0.4 is 10.1 Å². The summed E-state index contributed by atoms with van der Waals surface area (Å²) in [5, 5.41) is 13.2. The number of nitrogens with zero attached hydrogens (tertiary/aromatic N) is 1. The summed E-state index contributed by atoms with van der Waals surface area (Å²) in [5.74, 6) is 1.00. The molecule has 1 aromatic rings. The van der Waals surface area contributed by atoms with Crippen molar-refractivity contribution in [1.82, 2.24) is 10.2 Å². The topological polar surface area (TPSA) is 61.8 Å². The van der Waals surface area contributed by atoms with E-state index in [9.17, 15) is 9.90 Å². The molecular weight excluding hydrogens is 268 g/mol. The molecule has 0 saturated carbocycles. The molecule has 0 radical (unpaired) electrons. The molecule has 2 rings (SSSR count). The maximum atomic E-state index is 12.3. The quantitative estimate of drug-likeness (QED) is 0.778. The highest BCUT2D eigenvalue weighted by Crippen LogP contribution is 2.24. The molecule has 0 aromatic heterocycles. The van der Waals surface area contributed by atoms with Gasteiger partial charge in [0.2, 0.25) is 0 Å². The van der Waals surface area contributed by atoms with Crippen LogP contribution in [0.5, 0.6) is 11.5 Å². The second kappa shape index (κ2) is 7.43. The average Bonchev–Trinajstić information content (AvgIpc) is 2.47. The van der Waals surface area contributed by atoms with Crippen LogP contribution in [0.25, 0.3) is 0 Å². The Morgan fingerprint density at radius 1 is 1.38 bits per heavy atom. The number of carbonyl (C=O) groups is 1. The van der Waals surface area contributed by atoms with Crippen LogP contribution in [-0.4, -0.2) is 55.1 Å². The number of benzene rings is 1. The lowest BCUT2D eigenvalue weighted by molar-refractivity contribution is 0.0918. The highest BCUT2D eigenvalue weighted by atomic mass is 16.5. The number of piperazine rings is 1. The first-order valence-electron chi connectivity index (χ1n) is 7.48. The molecule has 2 N–H and O–H groups in total. The number of phenolic OH excluding ortho intramolecular Hbond substituents is 1. The Morgan fingerprint density at radius 3 is 2.76 bits per heavy atom. The fraction of sp³-hybridized carbons (Fsp3) is 0.562. The summed E-state index contributed by atoms with van der Waals surface area (Å²) in [6.45, 7) is 8.58. The number of phenols is 1. The number of hydrogen-bond acceptors (Lipinski definition) is 5. The molecule has 1 aromatic carbocycles. The van der Waals surface area contributed by atoms with Gasteiger partial charge in [-0.05, 0) is 24.1 Å². The summed E-state index contributed by atoms with van der Waals surface area (Å²) in [5.41, 5.74) is 0.342. The fourth-order valence-electron chi connectivity index (χ4n) is 2.25. The van der Waals surface area contributed by atoms with Gasteiger partial charge in [-0.15, -0.1) is 0 Å². The van der Waals surface area contributed by atoms with Crippen molar-refractivity contribution in [3.05, 3.63) is 23.8 Å². The number of aromatic hydroxyl groups is 1. The SMILES string of the molecule is CC(C)COc1ccc(O)c(C(=O)CN2CCNCC2)c1. The van der Waals surface area contributed by atoms with Crippen LogP contribution in [0.3, 0.4) is 0 Å². The van der Waals surface area contributed by atoms with Gasteiger partial charge in [0, 0.05) is 26.2 Å². The highest BCUT2D eigenvalue weighted by molar-refractivity contribution is 6.00. The van der Waals surface area contributed by atoms with Crippen molar-refractivity contribution in [3.8, 4) is 11.5 Å². The largest absolute Gasteiger partial charge is 0.507 e. The summed E-state index contributed by atoms with van der Waals surface area (Å²) in [6.07, 6.45) is 0. The van der Waals surface area contributed by atoms with E-state index in [0.717, 1.165) is 26.2 Å². The van der Waals surface area contributed by atoms with E-state index in [1.54, 1.807) is 12.1 Å². The van der Waals surface area contributed by atoms with Crippen LogP contribution >= 0.6 is 0 Å². The summed E-state index contributed by atoms with van der Waals surface area (Å²) < 4.78 is 5.62. The zero-order chi connectivity index (χ0) is 15.2. The number of ketones is 1. The molecule has 0 bridgehead atoms. The molecule has 0 spiro atoms. The van der Waals surface area contributed by atoms with Crippen molar-refractivity contribution in [2.75, 3.05) is 39.3 Å². The standard InChI is InChI=1S/C16H24N2O3/c1-12(2)11-21-13-3-4-15(19)14(9-13)16(20)10-18-7-5-17-6-8-18/h3-4,9,12,17,19H,5-8,10-11H2,1-2H3. The Hall–Kier alpha value is -1.59. The van der Waals surface area contributed by atoms with Gasteiger partial charge in [-0.1, -0.05) is 13.8 Å². The van der Waals surface area contributed by atoms with Crippen molar-refractivity contribution in [2.24, 2.45) is 5.92 Å². The van der Waals surface area contributed by atoms with Crippen LogP contribution in [0.15, 0.2) is 18.2 Å². The van der Waals surface area contributed by atoms with Crippen LogP contribution in [0.1, 0.15) is 24.2 Å². The molecule has 21 heavy (non-hydrogen) atoms. The molecule has 1 heterocycles. The first-order valence-corrected chi connectivity index (χ1v) is 7.48. The molecule has 0 unspecified atom stereocenters. The van der Waals surface area contributed by atoms with Gasteiger partial charge in [0.25, 0.3) is 0 Å². The molecule has 0 amide bonds. The van der Waals surface area contributed by atoms with Crippen LogP contribution in [0.4, 0.5) is 0 Å². The third-order valence-electron chi connectivity index (χ3n) is 3.43. The van der Waals surface area contributed by atoms with E-state index < -0.39 is 0 Å². The molecule has 0 aliphatic carbocycles. The molecule has 1 saturated heterocycles. The van der Waals surface area contributed by atoms with Crippen molar-refractivity contribution >= 4 is 5.78 Å². The van der Waals surface area contributed by atoms with E-state index in [1.807, 2.05) is 0 Å². The minimum Gasteiger partial charge on any atom is -0.507 e. The molecule has 1 aliphatic heterocycles. The van der Waals surface area contributed by atoms with Crippen molar-refractivity contribution < 1.29 is 14.6 Å². The number of carbonyl (C=O) groups excluding carboxylic acids is 1. The molecule has 1 fully saturated rings. The molecule has 116 valence electrons. The maximum Gasteiger partial charge on any atom is 0.180 e. The monoisotopic (exact) mass is 292 g/mol.